The van der Waals surface area contributed by atoms with Crippen LogP contribution < -0.4 is 10.1 Å². The predicted octanol–water partition coefficient (Wildman–Crippen LogP) is 4.97. The average molecular weight is 462 g/mol. The minimum Gasteiger partial charge on any atom is -0.494 e. The summed E-state index contributed by atoms with van der Waals surface area (Å²) < 4.78 is 11.0. The first-order valence-electron chi connectivity index (χ1n) is 10.9. The molecule has 0 aromatic heterocycles. The standard InChI is InChI=1S/C24H32ClN3O2S/c1-3-30-21-10-8-20(9-11-21)18-28(13-5-12-27-14-16-29-17-15-27)24(31)26-23-19(2)6-4-7-22(23)25/h4,6-11H,3,5,12-18H2,1-2H3,(H,26,31). The number of nitrogens with zero attached hydrogens (tertiary/aromatic N) is 2. The SMILES string of the molecule is CCOc1ccc(CN(CCCN2CCOCC2)C(=S)Nc2c(C)cccc2Cl)cc1. The molecule has 0 bridgehead atoms. The lowest BCUT2D eigenvalue weighted by Gasteiger charge is -2.30. The van der Waals surface area contributed by atoms with Gasteiger partial charge >= 0.3 is 0 Å². The zero-order chi connectivity index (χ0) is 22.1. The molecule has 0 saturated carbocycles. The molecule has 1 saturated heterocycles. The first-order valence-corrected chi connectivity index (χ1v) is 11.7. The molecule has 31 heavy (non-hydrogen) atoms. The van der Waals surface area contributed by atoms with Gasteiger partial charge in [0.1, 0.15) is 5.75 Å². The van der Waals surface area contributed by atoms with Gasteiger partial charge < -0.3 is 19.7 Å². The Morgan fingerprint density at radius 2 is 1.94 bits per heavy atom. The number of nitrogens with one attached hydrogen (secondary N) is 1. The van der Waals surface area contributed by atoms with Crippen molar-refractivity contribution >= 4 is 34.6 Å². The number of morpholine rings is 1. The maximum absolute atomic E-state index is 6.42. The normalized spacial score (nSPS) is 14.3. The third-order valence-corrected chi connectivity index (χ3v) is 6.03. The van der Waals surface area contributed by atoms with E-state index >= 15 is 0 Å². The summed E-state index contributed by atoms with van der Waals surface area (Å²) >= 11 is 12.2. The van der Waals surface area contributed by atoms with Crippen LogP contribution in [0.1, 0.15) is 24.5 Å². The van der Waals surface area contributed by atoms with Crippen LogP contribution in [0.3, 0.4) is 0 Å². The van der Waals surface area contributed by atoms with Gasteiger partial charge in [0.05, 0.1) is 30.5 Å². The summed E-state index contributed by atoms with van der Waals surface area (Å²) in [6.07, 6.45) is 1.03. The van der Waals surface area contributed by atoms with Crippen molar-refractivity contribution in [2.24, 2.45) is 0 Å². The summed E-state index contributed by atoms with van der Waals surface area (Å²) in [5.74, 6) is 0.887. The molecule has 0 unspecified atom stereocenters. The predicted molar refractivity (Wildman–Crippen MR) is 132 cm³/mol. The Labute approximate surface area is 196 Å². The summed E-state index contributed by atoms with van der Waals surface area (Å²) in [7, 11) is 0. The number of benzene rings is 2. The highest BCUT2D eigenvalue weighted by atomic mass is 35.5. The van der Waals surface area contributed by atoms with Crippen LogP contribution >= 0.6 is 23.8 Å². The number of halogens is 1. The summed E-state index contributed by atoms with van der Waals surface area (Å²) in [5.41, 5.74) is 3.14. The van der Waals surface area contributed by atoms with E-state index in [1.54, 1.807) is 0 Å². The number of hydrogen-bond acceptors (Lipinski definition) is 4. The van der Waals surface area contributed by atoms with E-state index in [0.29, 0.717) is 16.7 Å². The number of hydrogen-bond donors (Lipinski definition) is 1. The highest BCUT2D eigenvalue weighted by molar-refractivity contribution is 7.80. The molecule has 2 aromatic carbocycles. The molecule has 1 aliphatic heterocycles. The fourth-order valence-corrected chi connectivity index (χ4v) is 4.14. The van der Waals surface area contributed by atoms with Crippen molar-refractivity contribution < 1.29 is 9.47 Å². The third kappa shape index (κ3) is 7.35. The maximum atomic E-state index is 6.42. The molecule has 0 spiro atoms. The minimum atomic E-state index is 0.665. The number of para-hydroxylation sites is 1. The van der Waals surface area contributed by atoms with Crippen LogP contribution in [0, 0.1) is 6.92 Å². The lowest BCUT2D eigenvalue weighted by atomic mass is 10.2. The van der Waals surface area contributed by atoms with Gasteiger partial charge in [0, 0.05) is 32.7 Å². The van der Waals surface area contributed by atoms with Crippen molar-refractivity contribution in [3.8, 4) is 5.75 Å². The van der Waals surface area contributed by atoms with Gasteiger partial charge in [-0.05, 0) is 61.8 Å². The Bertz CT molecular complexity index is 821. The lowest BCUT2D eigenvalue weighted by Crippen LogP contribution is -2.40. The molecule has 0 aliphatic carbocycles. The van der Waals surface area contributed by atoms with E-state index in [4.69, 9.17) is 33.3 Å². The maximum Gasteiger partial charge on any atom is 0.173 e. The van der Waals surface area contributed by atoms with Crippen LogP contribution in [-0.2, 0) is 11.3 Å². The zero-order valence-electron chi connectivity index (χ0n) is 18.4. The van der Waals surface area contributed by atoms with E-state index in [1.165, 1.54) is 5.56 Å². The number of aryl methyl sites for hydroxylation is 1. The number of anilines is 1. The summed E-state index contributed by atoms with van der Waals surface area (Å²) in [6.45, 7) is 11.0. The third-order valence-electron chi connectivity index (χ3n) is 5.35. The quantitative estimate of drug-likeness (QED) is 0.531. The summed E-state index contributed by atoms with van der Waals surface area (Å²) in [4.78, 5) is 4.67. The molecule has 1 heterocycles. The molecule has 7 heteroatoms. The fraction of sp³-hybridized carbons (Fsp3) is 0.458. The molecule has 1 aliphatic rings. The van der Waals surface area contributed by atoms with Crippen LogP contribution in [-0.4, -0.2) is 60.9 Å². The van der Waals surface area contributed by atoms with Gasteiger partial charge in [-0.1, -0.05) is 35.9 Å². The summed E-state index contributed by atoms with van der Waals surface area (Å²) in [6, 6.07) is 14.1. The van der Waals surface area contributed by atoms with Crippen molar-refractivity contribution in [1.29, 1.82) is 0 Å². The molecule has 3 rings (SSSR count). The second kappa shape index (κ2) is 12.2. The molecule has 2 aromatic rings. The Morgan fingerprint density at radius 1 is 1.19 bits per heavy atom. The average Bonchev–Trinajstić information content (AvgIpc) is 2.78. The molecule has 0 amide bonds. The lowest BCUT2D eigenvalue weighted by molar-refractivity contribution is 0.0368. The van der Waals surface area contributed by atoms with Crippen LogP contribution in [0.15, 0.2) is 42.5 Å². The number of ether oxygens (including phenoxy) is 2. The molecule has 1 N–H and O–H groups in total. The van der Waals surface area contributed by atoms with Gasteiger partial charge in [0.25, 0.3) is 0 Å². The number of rotatable bonds is 9. The van der Waals surface area contributed by atoms with Gasteiger partial charge in [-0.2, -0.15) is 0 Å². The zero-order valence-corrected chi connectivity index (χ0v) is 20.0. The van der Waals surface area contributed by atoms with E-state index in [1.807, 2.05) is 44.2 Å². The van der Waals surface area contributed by atoms with Crippen LogP contribution in [0.4, 0.5) is 5.69 Å². The fourth-order valence-electron chi connectivity index (χ4n) is 3.62. The van der Waals surface area contributed by atoms with Crippen molar-refractivity contribution in [3.05, 3.63) is 58.6 Å². The molecule has 5 nitrogen and oxygen atoms in total. The molecule has 1 fully saturated rings. The van der Waals surface area contributed by atoms with Crippen LogP contribution in [0.5, 0.6) is 5.75 Å². The second-order valence-electron chi connectivity index (χ2n) is 7.67. The largest absolute Gasteiger partial charge is 0.494 e. The van der Waals surface area contributed by atoms with Crippen molar-refractivity contribution in [1.82, 2.24) is 9.80 Å². The van der Waals surface area contributed by atoms with E-state index < -0.39 is 0 Å². The van der Waals surface area contributed by atoms with E-state index in [0.717, 1.165) is 69.4 Å². The Hall–Kier alpha value is -1.86. The molecule has 0 radical (unpaired) electrons. The Morgan fingerprint density at radius 3 is 2.61 bits per heavy atom. The molecule has 168 valence electrons. The Kier molecular flexibility index (Phi) is 9.40. The van der Waals surface area contributed by atoms with E-state index in [2.05, 4.69) is 27.2 Å². The van der Waals surface area contributed by atoms with Crippen molar-refractivity contribution in [3.63, 3.8) is 0 Å². The van der Waals surface area contributed by atoms with Crippen LogP contribution in [0.25, 0.3) is 0 Å². The highest BCUT2D eigenvalue weighted by Crippen LogP contribution is 2.26. The highest BCUT2D eigenvalue weighted by Gasteiger charge is 2.15. The van der Waals surface area contributed by atoms with Gasteiger partial charge in [-0.25, -0.2) is 0 Å². The first kappa shape index (κ1) is 23.8. The summed E-state index contributed by atoms with van der Waals surface area (Å²) in [5, 5.41) is 4.75. The van der Waals surface area contributed by atoms with Gasteiger partial charge in [0.15, 0.2) is 5.11 Å². The smallest absolute Gasteiger partial charge is 0.173 e. The topological polar surface area (TPSA) is 37.0 Å². The van der Waals surface area contributed by atoms with Crippen molar-refractivity contribution in [2.75, 3.05) is 51.3 Å². The van der Waals surface area contributed by atoms with Crippen LogP contribution in [0.2, 0.25) is 5.02 Å². The Balaban J connectivity index is 1.66. The minimum absolute atomic E-state index is 0.665. The molecular formula is C24H32ClN3O2S. The molecular weight excluding hydrogens is 430 g/mol. The van der Waals surface area contributed by atoms with Gasteiger partial charge in [-0.3, -0.25) is 4.90 Å². The molecule has 0 atom stereocenters. The first-order chi connectivity index (χ1) is 15.1. The van der Waals surface area contributed by atoms with Crippen molar-refractivity contribution in [2.45, 2.75) is 26.8 Å². The van der Waals surface area contributed by atoms with E-state index in [-0.39, 0.29) is 0 Å². The second-order valence-corrected chi connectivity index (χ2v) is 8.46. The van der Waals surface area contributed by atoms with E-state index in [9.17, 15) is 0 Å². The van der Waals surface area contributed by atoms with Gasteiger partial charge in [0.2, 0.25) is 0 Å². The monoisotopic (exact) mass is 461 g/mol. The van der Waals surface area contributed by atoms with Gasteiger partial charge in [-0.15, -0.1) is 0 Å². The number of thiocarbonyl (C=S) groups is 1.